The Kier molecular flexibility index (Phi) is 11.0. The molecule has 0 N–H and O–H groups in total. The molecule has 0 aromatic heterocycles. The number of fused-ring (bicyclic) bond motifs is 4. The van der Waals surface area contributed by atoms with Crippen LogP contribution in [0.5, 0.6) is 0 Å². The number of benzene rings is 4. The van der Waals surface area contributed by atoms with E-state index in [9.17, 15) is 0 Å². The van der Waals surface area contributed by atoms with Crippen LogP contribution in [0.1, 0.15) is 249 Å². The number of allylic oxidation sites excluding steroid dienone is 2. The van der Waals surface area contributed by atoms with E-state index in [0.717, 1.165) is 0 Å². The van der Waals surface area contributed by atoms with Crippen LogP contribution in [-0.2, 0) is 66.6 Å². The van der Waals surface area contributed by atoms with Gasteiger partial charge in [0.05, 0.1) is 0 Å². The summed E-state index contributed by atoms with van der Waals surface area (Å²) < 4.78 is 0.844. The molecule has 2 unspecified atom stereocenters. The molecule has 0 spiro atoms. The van der Waals surface area contributed by atoms with Gasteiger partial charge in [0.15, 0.2) is 0 Å². The average Bonchev–Trinajstić information content (AvgIpc) is 3.70. The van der Waals surface area contributed by atoms with Crippen molar-refractivity contribution in [2.75, 3.05) is 0 Å². The summed E-state index contributed by atoms with van der Waals surface area (Å²) in [5, 5.41) is 0. The maximum atomic E-state index is 2.76. The van der Waals surface area contributed by atoms with Gasteiger partial charge in [-0.1, -0.05) is 0 Å². The van der Waals surface area contributed by atoms with Gasteiger partial charge in [-0.15, -0.1) is 0 Å². The van der Waals surface area contributed by atoms with E-state index in [1.165, 1.54) is 70.2 Å². The Hall–Kier alpha value is -2.76. The van der Waals surface area contributed by atoms with Crippen molar-refractivity contribution < 1.29 is 23.2 Å². The zero-order valence-electron chi connectivity index (χ0n) is 43.4. The van der Waals surface area contributed by atoms with Crippen LogP contribution in [0.3, 0.4) is 0 Å². The van der Waals surface area contributed by atoms with Gasteiger partial charge in [-0.2, -0.15) is 0 Å². The fourth-order valence-electron chi connectivity index (χ4n) is 11.2. The van der Waals surface area contributed by atoms with Crippen LogP contribution in [0.25, 0.3) is 23.3 Å². The van der Waals surface area contributed by atoms with E-state index in [0.29, 0.717) is 7.25 Å². The molecular formula is C62H82Zr. The van der Waals surface area contributed by atoms with Gasteiger partial charge >= 0.3 is 400 Å². The van der Waals surface area contributed by atoms with Gasteiger partial charge in [-0.05, 0) is 0 Å². The summed E-state index contributed by atoms with van der Waals surface area (Å²) in [6.45, 7) is 48.8. The molecule has 0 amide bonds. The first-order valence-corrected chi connectivity index (χ1v) is 27.4. The molecule has 4 aliphatic carbocycles. The van der Waals surface area contributed by atoms with Gasteiger partial charge in [0, 0.05) is 0 Å². The molecule has 4 aliphatic rings. The van der Waals surface area contributed by atoms with Crippen LogP contribution in [0.15, 0.2) is 60.7 Å². The fraction of sp³-hybridized carbons (Fsp3) is 0.548. The molecule has 1 heteroatoms. The van der Waals surface area contributed by atoms with Gasteiger partial charge in [0.1, 0.15) is 0 Å². The van der Waals surface area contributed by atoms with E-state index in [2.05, 4.69) is 211 Å². The van der Waals surface area contributed by atoms with Gasteiger partial charge < -0.3 is 0 Å². The van der Waals surface area contributed by atoms with E-state index in [1.54, 1.807) is 44.5 Å². The summed E-state index contributed by atoms with van der Waals surface area (Å²) >= 11 is -1.38. The topological polar surface area (TPSA) is 0 Å². The first-order valence-electron chi connectivity index (χ1n) is 24.6. The van der Waals surface area contributed by atoms with Crippen molar-refractivity contribution in [2.45, 2.75) is 215 Å². The second-order valence-electron chi connectivity index (χ2n) is 27.4. The summed E-state index contributed by atoms with van der Waals surface area (Å²) in [7, 11) is 0. The Morgan fingerprint density at radius 1 is 0.365 bits per heavy atom. The van der Waals surface area contributed by atoms with Crippen LogP contribution in [0.2, 0.25) is 0 Å². The summed E-state index contributed by atoms with van der Waals surface area (Å²) in [5.41, 5.74) is 25.3. The summed E-state index contributed by atoms with van der Waals surface area (Å²) in [5.74, 6) is 0. The van der Waals surface area contributed by atoms with Crippen molar-refractivity contribution in [2.24, 2.45) is 0 Å². The fourth-order valence-corrected chi connectivity index (χ4v) is 16.3. The van der Waals surface area contributed by atoms with Crippen LogP contribution in [0, 0.1) is 0 Å². The van der Waals surface area contributed by atoms with E-state index < -0.39 is 23.2 Å². The molecule has 0 aliphatic heterocycles. The van der Waals surface area contributed by atoms with Crippen LogP contribution in [-0.4, -0.2) is 0 Å². The molecule has 4 aromatic carbocycles. The van der Waals surface area contributed by atoms with E-state index in [1.807, 2.05) is 0 Å². The standard InChI is InChI=1S/2C31H41.Zr/c2*1-28(2,3)24-15-23(16-25(19-24)29(4,5)6)20-13-21-17-26-27(18-22(21)14-20)31(9,10)12-11-30(26,7)8;/h2*13-19H,11-12H2,1-10H3;. The van der Waals surface area contributed by atoms with Crippen molar-refractivity contribution in [1.29, 1.82) is 0 Å². The van der Waals surface area contributed by atoms with Crippen LogP contribution >= 0.6 is 0 Å². The van der Waals surface area contributed by atoms with Crippen molar-refractivity contribution in [3.05, 3.63) is 139 Å². The zero-order valence-corrected chi connectivity index (χ0v) is 45.9. The molecule has 0 fully saturated rings. The van der Waals surface area contributed by atoms with E-state index in [-0.39, 0.29) is 43.3 Å². The number of hydrogen-bond acceptors (Lipinski definition) is 0. The normalized spacial score (nSPS) is 22.1. The Labute approximate surface area is 397 Å². The molecular weight excluding hydrogens is 836 g/mol. The molecule has 2 atom stereocenters. The van der Waals surface area contributed by atoms with Gasteiger partial charge in [0.25, 0.3) is 0 Å². The minimum atomic E-state index is -1.38. The molecule has 334 valence electrons. The molecule has 0 radical (unpaired) electrons. The summed E-state index contributed by atoms with van der Waals surface area (Å²) in [6.07, 6.45) is 10.3. The van der Waals surface area contributed by atoms with Gasteiger partial charge in [-0.3, -0.25) is 0 Å². The second-order valence-corrected chi connectivity index (χ2v) is 31.1. The predicted molar refractivity (Wildman–Crippen MR) is 272 cm³/mol. The molecule has 0 saturated heterocycles. The molecule has 4 aromatic rings. The van der Waals surface area contributed by atoms with Crippen molar-refractivity contribution in [3.63, 3.8) is 0 Å². The maximum absolute atomic E-state index is 2.76. The average molecular weight is 919 g/mol. The molecule has 0 heterocycles. The Bertz CT molecular complexity index is 2320. The van der Waals surface area contributed by atoms with Crippen LogP contribution < -0.4 is 0 Å². The Morgan fingerprint density at radius 2 is 0.619 bits per heavy atom. The molecule has 0 saturated carbocycles. The van der Waals surface area contributed by atoms with E-state index in [4.69, 9.17) is 0 Å². The molecule has 0 nitrogen and oxygen atoms in total. The van der Waals surface area contributed by atoms with Gasteiger partial charge in [-0.25, -0.2) is 0 Å². The summed E-state index contributed by atoms with van der Waals surface area (Å²) in [4.78, 5) is 0. The van der Waals surface area contributed by atoms with Crippen molar-refractivity contribution >= 4 is 23.3 Å². The van der Waals surface area contributed by atoms with Crippen LogP contribution in [0.4, 0.5) is 0 Å². The number of rotatable bonds is 4. The SMILES string of the molecule is CC(C)(C)c1cc(C2=Cc3cc4c(cc3[CH]2[Zr][CH]2C(c3cc(C(C)(C)C)cc(C(C)(C)C)c3)=Cc3cc5c(cc32)C(C)(C)CCC5(C)C)C(C)(C)CCC4(C)C)cc(C(C)(C)C)c1. The van der Waals surface area contributed by atoms with Crippen molar-refractivity contribution in [3.8, 4) is 0 Å². The third-order valence-corrected chi connectivity index (χ3v) is 21.0. The van der Waals surface area contributed by atoms with E-state index >= 15 is 0 Å². The third-order valence-electron chi connectivity index (χ3n) is 16.3. The number of hydrogen-bond donors (Lipinski definition) is 0. The quantitative estimate of drug-likeness (QED) is 0.191. The Balaban J connectivity index is 1.40. The minimum absolute atomic E-state index is 0.0491. The molecule has 8 rings (SSSR count). The molecule has 0 bridgehead atoms. The predicted octanol–water partition coefficient (Wildman–Crippen LogP) is 17.5. The summed E-state index contributed by atoms with van der Waals surface area (Å²) in [6, 6.07) is 26.3. The molecule has 63 heavy (non-hydrogen) atoms. The third kappa shape index (κ3) is 8.49. The Morgan fingerprint density at radius 3 is 0.873 bits per heavy atom. The second kappa shape index (κ2) is 14.9. The first-order chi connectivity index (χ1) is 28.7. The zero-order chi connectivity index (χ0) is 46.4. The van der Waals surface area contributed by atoms with Gasteiger partial charge in [0.2, 0.25) is 0 Å². The first kappa shape index (κ1) is 46.8. The monoisotopic (exact) mass is 917 g/mol. The van der Waals surface area contributed by atoms with Crippen molar-refractivity contribution in [1.82, 2.24) is 0 Å².